The molecule has 0 unspecified atom stereocenters. The molecule has 27 heavy (non-hydrogen) atoms. The number of hydrogen-bond acceptors (Lipinski definition) is 5. The number of nitrogens with one attached hydrogen (secondary N) is 3. The van der Waals surface area contributed by atoms with Crippen LogP contribution in [0.15, 0.2) is 67.0 Å². The number of amides is 1. The zero-order chi connectivity index (χ0) is 18.6. The summed E-state index contributed by atoms with van der Waals surface area (Å²) in [6.45, 7) is 0.540. The molecule has 0 fully saturated rings. The third-order valence-corrected chi connectivity index (χ3v) is 4.20. The minimum Gasteiger partial charge on any atom is -0.384 e. The first-order valence-electron chi connectivity index (χ1n) is 8.47. The predicted octanol–water partition coefficient (Wildman–Crippen LogP) is 3.40. The minimum atomic E-state index is -0.185. The molecule has 2 aromatic heterocycles. The average molecular weight is 358 g/mol. The Morgan fingerprint density at radius 2 is 2.00 bits per heavy atom. The summed E-state index contributed by atoms with van der Waals surface area (Å²) >= 11 is 0. The molecule has 1 amide bonds. The van der Waals surface area contributed by atoms with Crippen molar-refractivity contribution in [2.24, 2.45) is 0 Å². The number of rotatable bonds is 5. The second-order valence-electron chi connectivity index (χ2n) is 6.11. The van der Waals surface area contributed by atoms with Crippen LogP contribution in [0.4, 0.5) is 17.2 Å². The van der Waals surface area contributed by atoms with E-state index in [1.807, 2.05) is 42.5 Å². The molecule has 0 saturated carbocycles. The fourth-order valence-electron chi connectivity index (χ4n) is 2.86. The van der Waals surface area contributed by atoms with E-state index in [1.165, 1.54) is 0 Å². The van der Waals surface area contributed by atoms with Gasteiger partial charge in [0.25, 0.3) is 5.91 Å². The van der Waals surface area contributed by atoms with E-state index in [0.29, 0.717) is 23.6 Å². The maximum absolute atomic E-state index is 12.8. The molecular formula is C20H18N6O. The first-order valence-corrected chi connectivity index (χ1v) is 8.47. The van der Waals surface area contributed by atoms with Crippen molar-refractivity contribution in [3.05, 3.63) is 78.1 Å². The molecule has 0 atom stereocenters. The lowest BCUT2D eigenvalue weighted by molar-refractivity contribution is 0.102. The summed E-state index contributed by atoms with van der Waals surface area (Å²) in [5, 5.41) is 14.0. The Morgan fingerprint density at radius 3 is 2.89 bits per heavy atom. The smallest absolute Gasteiger partial charge is 0.257 e. The van der Waals surface area contributed by atoms with Crippen molar-refractivity contribution >= 4 is 34.0 Å². The molecule has 134 valence electrons. The van der Waals surface area contributed by atoms with Crippen molar-refractivity contribution in [2.75, 3.05) is 16.4 Å². The number of carbonyl (C=O) groups excluding carboxylic acids is 1. The first-order chi connectivity index (χ1) is 13.2. The highest BCUT2D eigenvalue weighted by molar-refractivity contribution is 6.08. The van der Waals surface area contributed by atoms with Crippen molar-refractivity contribution in [1.29, 1.82) is 0 Å². The lowest BCUT2D eigenvalue weighted by Gasteiger charge is -2.12. The zero-order valence-corrected chi connectivity index (χ0v) is 14.4. The van der Waals surface area contributed by atoms with E-state index in [4.69, 9.17) is 5.73 Å². The number of carbonyl (C=O) groups is 1. The normalized spacial score (nSPS) is 10.7. The molecule has 2 heterocycles. The predicted molar refractivity (Wildman–Crippen MR) is 106 cm³/mol. The van der Waals surface area contributed by atoms with Crippen LogP contribution in [0.3, 0.4) is 0 Å². The highest BCUT2D eigenvalue weighted by atomic mass is 16.1. The van der Waals surface area contributed by atoms with Gasteiger partial charge < -0.3 is 16.4 Å². The van der Waals surface area contributed by atoms with Gasteiger partial charge in [0.05, 0.1) is 17.3 Å². The Bertz CT molecular complexity index is 1100. The highest BCUT2D eigenvalue weighted by Crippen LogP contribution is 2.21. The van der Waals surface area contributed by atoms with Crippen LogP contribution in [0.5, 0.6) is 0 Å². The molecule has 7 nitrogen and oxygen atoms in total. The lowest BCUT2D eigenvalue weighted by atomic mass is 10.1. The Labute approximate surface area is 155 Å². The van der Waals surface area contributed by atoms with Crippen LogP contribution in [0, 0.1) is 0 Å². The zero-order valence-electron chi connectivity index (χ0n) is 14.4. The van der Waals surface area contributed by atoms with Crippen LogP contribution in [0.25, 0.3) is 10.9 Å². The van der Waals surface area contributed by atoms with Gasteiger partial charge in [-0.25, -0.2) is 4.98 Å². The highest BCUT2D eigenvalue weighted by Gasteiger charge is 2.11. The maximum atomic E-state index is 12.8. The van der Waals surface area contributed by atoms with Crippen LogP contribution in [0.2, 0.25) is 0 Å². The molecule has 5 N–H and O–H groups in total. The van der Waals surface area contributed by atoms with Crippen molar-refractivity contribution in [3.8, 4) is 0 Å². The lowest BCUT2D eigenvalue weighted by Crippen LogP contribution is -2.14. The summed E-state index contributed by atoms with van der Waals surface area (Å²) in [6, 6.07) is 16.7. The number of benzene rings is 2. The summed E-state index contributed by atoms with van der Waals surface area (Å²) in [4.78, 5) is 16.8. The topological polar surface area (TPSA) is 109 Å². The Hall–Kier alpha value is -3.87. The standard InChI is InChI=1S/C20H18N6O/c21-19-9-13(7-8-22-19)11-23-18-4-2-1-3-16(18)20(27)25-15-5-6-17-14(10-15)12-24-26-17/h1-10,12,23H,11H2,(H2,21,22)(H,24,26)(H,25,27). The molecular weight excluding hydrogens is 340 g/mol. The summed E-state index contributed by atoms with van der Waals surface area (Å²) in [5.41, 5.74) is 9.65. The summed E-state index contributed by atoms with van der Waals surface area (Å²) in [6.07, 6.45) is 3.39. The van der Waals surface area contributed by atoms with E-state index in [2.05, 4.69) is 25.8 Å². The maximum Gasteiger partial charge on any atom is 0.257 e. The van der Waals surface area contributed by atoms with Crippen molar-refractivity contribution < 1.29 is 4.79 Å². The number of aromatic nitrogens is 3. The number of nitrogens with two attached hydrogens (primary N) is 1. The number of para-hydroxylation sites is 1. The Kier molecular flexibility index (Phi) is 4.40. The monoisotopic (exact) mass is 358 g/mol. The van der Waals surface area contributed by atoms with Crippen LogP contribution in [0.1, 0.15) is 15.9 Å². The van der Waals surface area contributed by atoms with Crippen molar-refractivity contribution in [2.45, 2.75) is 6.54 Å². The first kappa shape index (κ1) is 16.6. The molecule has 0 radical (unpaired) electrons. The molecule has 2 aromatic carbocycles. The summed E-state index contributed by atoms with van der Waals surface area (Å²) in [7, 11) is 0. The van der Waals surface area contributed by atoms with Gasteiger partial charge >= 0.3 is 0 Å². The number of pyridine rings is 1. The van der Waals surface area contributed by atoms with E-state index in [1.54, 1.807) is 24.5 Å². The van der Waals surface area contributed by atoms with Gasteiger partial charge in [-0.2, -0.15) is 5.10 Å². The second kappa shape index (κ2) is 7.17. The number of nitrogens with zero attached hydrogens (tertiary/aromatic N) is 2. The van der Waals surface area contributed by atoms with Gasteiger partial charge in [-0.3, -0.25) is 9.89 Å². The van der Waals surface area contributed by atoms with Crippen LogP contribution < -0.4 is 16.4 Å². The van der Waals surface area contributed by atoms with Crippen LogP contribution in [-0.2, 0) is 6.54 Å². The van der Waals surface area contributed by atoms with Gasteiger partial charge in [-0.05, 0) is 48.0 Å². The number of hydrogen-bond donors (Lipinski definition) is 4. The van der Waals surface area contributed by atoms with Gasteiger partial charge in [0.1, 0.15) is 5.82 Å². The molecule has 0 bridgehead atoms. The van der Waals surface area contributed by atoms with E-state index in [0.717, 1.165) is 22.2 Å². The van der Waals surface area contributed by atoms with Crippen LogP contribution in [-0.4, -0.2) is 21.1 Å². The molecule has 4 rings (SSSR count). The molecule has 0 aliphatic heterocycles. The van der Waals surface area contributed by atoms with Gasteiger partial charge in [0, 0.05) is 29.5 Å². The molecule has 4 aromatic rings. The van der Waals surface area contributed by atoms with Gasteiger partial charge in [0.15, 0.2) is 0 Å². The third-order valence-electron chi connectivity index (χ3n) is 4.20. The van der Waals surface area contributed by atoms with Crippen molar-refractivity contribution in [1.82, 2.24) is 15.2 Å². The number of fused-ring (bicyclic) bond motifs is 1. The van der Waals surface area contributed by atoms with Crippen LogP contribution >= 0.6 is 0 Å². The van der Waals surface area contributed by atoms with Gasteiger partial charge in [-0.15, -0.1) is 0 Å². The molecule has 0 saturated heterocycles. The number of H-pyrrole nitrogens is 1. The number of nitrogen functional groups attached to an aromatic ring is 1. The van der Waals surface area contributed by atoms with Gasteiger partial charge in [0.2, 0.25) is 0 Å². The van der Waals surface area contributed by atoms with Gasteiger partial charge in [-0.1, -0.05) is 12.1 Å². The average Bonchev–Trinajstić information content (AvgIpc) is 3.14. The molecule has 7 heteroatoms. The molecule has 0 aliphatic rings. The summed E-state index contributed by atoms with van der Waals surface area (Å²) in [5.74, 6) is 0.283. The van der Waals surface area contributed by atoms with E-state index >= 15 is 0 Å². The van der Waals surface area contributed by atoms with E-state index in [-0.39, 0.29) is 5.91 Å². The van der Waals surface area contributed by atoms with E-state index in [9.17, 15) is 4.79 Å². The molecule has 0 spiro atoms. The van der Waals surface area contributed by atoms with Crippen molar-refractivity contribution in [3.63, 3.8) is 0 Å². The fraction of sp³-hybridized carbons (Fsp3) is 0.0500. The third kappa shape index (κ3) is 3.72. The second-order valence-corrected chi connectivity index (χ2v) is 6.11. The molecule has 0 aliphatic carbocycles. The van der Waals surface area contributed by atoms with E-state index < -0.39 is 0 Å². The quantitative estimate of drug-likeness (QED) is 0.437. The Morgan fingerprint density at radius 1 is 1.11 bits per heavy atom. The SMILES string of the molecule is Nc1cc(CNc2ccccc2C(=O)Nc2ccc3[nH]ncc3c2)ccn1. The fourth-order valence-corrected chi connectivity index (χ4v) is 2.86. The number of aromatic amines is 1. The Balaban J connectivity index is 1.51. The largest absolute Gasteiger partial charge is 0.384 e. The number of anilines is 3. The summed E-state index contributed by atoms with van der Waals surface area (Å²) < 4.78 is 0. The minimum absolute atomic E-state index is 0.185.